The summed E-state index contributed by atoms with van der Waals surface area (Å²) in [6, 6.07) is 6.12. The minimum Gasteiger partial charge on any atom is -0.486 e. The smallest absolute Gasteiger partial charge is 0.411 e. The summed E-state index contributed by atoms with van der Waals surface area (Å²) in [5.41, 5.74) is 0. The fraction of sp³-hybridized carbons (Fsp3) is 0.562. The number of para-hydroxylation sites is 1. The summed E-state index contributed by atoms with van der Waals surface area (Å²) >= 11 is 0. The predicted octanol–water partition coefficient (Wildman–Crippen LogP) is 2.73. The molecule has 0 spiro atoms. The van der Waals surface area contributed by atoms with Crippen molar-refractivity contribution in [1.29, 1.82) is 0 Å². The topological polar surface area (TPSA) is 54.9 Å². The molecular weight excluding hydrogens is 342 g/mol. The summed E-state index contributed by atoms with van der Waals surface area (Å²) < 4.78 is 59.2. The van der Waals surface area contributed by atoms with E-state index in [1.165, 1.54) is 6.07 Å². The Hall–Kier alpha value is -2.03. The summed E-state index contributed by atoms with van der Waals surface area (Å²) in [5.74, 6) is 0.206. The van der Waals surface area contributed by atoms with Gasteiger partial charge in [0, 0.05) is 20.2 Å². The number of rotatable bonds is 9. The first-order chi connectivity index (χ1) is 11.8. The Morgan fingerprint density at radius 2 is 1.96 bits per heavy atom. The molecule has 25 heavy (non-hydrogen) atoms. The van der Waals surface area contributed by atoms with Crippen molar-refractivity contribution in [2.45, 2.75) is 25.6 Å². The summed E-state index contributed by atoms with van der Waals surface area (Å²) in [6.45, 7) is 1.30. The van der Waals surface area contributed by atoms with Gasteiger partial charge in [0.25, 0.3) is 0 Å². The SMILES string of the molecule is CN=C(NCCCOCC(F)(F)F)NCC(C)Oc1ccccc1F. The van der Waals surface area contributed by atoms with Crippen molar-refractivity contribution in [2.24, 2.45) is 4.99 Å². The number of hydrogen-bond acceptors (Lipinski definition) is 3. The number of guanidine groups is 1. The number of alkyl halides is 3. The lowest BCUT2D eigenvalue weighted by Crippen LogP contribution is -2.42. The fourth-order valence-electron chi connectivity index (χ4n) is 1.83. The van der Waals surface area contributed by atoms with Gasteiger partial charge in [0.05, 0.1) is 6.54 Å². The molecule has 0 aliphatic carbocycles. The molecule has 0 heterocycles. The normalized spacial score (nSPS) is 13.4. The van der Waals surface area contributed by atoms with Gasteiger partial charge in [-0.3, -0.25) is 4.99 Å². The van der Waals surface area contributed by atoms with Gasteiger partial charge >= 0.3 is 6.18 Å². The zero-order valence-electron chi connectivity index (χ0n) is 14.2. The Balaban J connectivity index is 2.20. The maximum absolute atomic E-state index is 13.5. The Morgan fingerprint density at radius 1 is 1.24 bits per heavy atom. The molecule has 0 radical (unpaired) electrons. The molecule has 5 nitrogen and oxygen atoms in total. The Kier molecular flexibility index (Phi) is 9.04. The molecule has 2 N–H and O–H groups in total. The van der Waals surface area contributed by atoms with Crippen LogP contribution in [0.25, 0.3) is 0 Å². The van der Waals surface area contributed by atoms with E-state index < -0.39 is 18.6 Å². The average molecular weight is 365 g/mol. The van der Waals surface area contributed by atoms with Crippen LogP contribution < -0.4 is 15.4 Å². The van der Waals surface area contributed by atoms with Gasteiger partial charge in [0.1, 0.15) is 12.7 Å². The molecule has 1 rings (SSSR count). The minimum absolute atomic E-state index is 0.00367. The molecule has 0 aromatic heterocycles. The summed E-state index contributed by atoms with van der Waals surface area (Å²) in [4.78, 5) is 3.99. The first kappa shape index (κ1) is 21.0. The number of nitrogens with one attached hydrogen (secondary N) is 2. The van der Waals surface area contributed by atoms with Gasteiger partial charge in [-0.15, -0.1) is 0 Å². The van der Waals surface area contributed by atoms with E-state index in [1.54, 1.807) is 32.2 Å². The lowest BCUT2D eigenvalue weighted by Gasteiger charge is -2.18. The van der Waals surface area contributed by atoms with Gasteiger partial charge in [-0.05, 0) is 25.5 Å². The van der Waals surface area contributed by atoms with Gasteiger partial charge in [0.15, 0.2) is 17.5 Å². The van der Waals surface area contributed by atoms with Gasteiger partial charge in [-0.2, -0.15) is 13.2 Å². The highest BCUT2D eigenvalue weighted by atomic mass is 19.4. The zero-order valence-corrected chi connectivity index (χ0v) is 14.2. The monoisotopic (exact) mass is 365 g/mol. The number of ether oxygens (including phenoxy) is 2. The van der Waals surface area contributed by atoms with E-state index in [9.17, 15) is 17.6 Å². The van der Waals surface area contributed by atoms with E-state index in [4.69, 9.17) is 4.74 Å². The van der Waals surface area contributed by atoms with Crippen LogP contribution in [-0.2, 0) is 4.74 Å². The van der Waals surface area contributed by atoms with Gasteiger partial charge in [-0.25, -0.2) is 4.39 Å². The molecule has 0 amide bonds. The predicted molar refractivity (Wildman–Crippen MR) is 87.3 cm³/mol. The van der Waals surface area contributed by atoms with E-state index in [1.807, 2.05) is 0 Å². The van der Waals surface area contributed by atoms with Crippen molar-refractivity contribution in [3.05, 3.63) is 30.1 Å². The number of aliphatic imine (C=N–C) groups is 1. The average Bonchev–Trinajstić information content (AvgIpc) is 2.54. The van der Waals surface area contributed by atoms with E-state index in [2.05, 4.69) is 20.4 Å². The summed E-state index contributed by atoms with van der Waals surface area (Å²) in [7, 11) is 1.57. The second-order valence-electron chi connectivity index (χ2n) is 5.26. The maximum atomic E-state index is 13.5. The molecule has 1 aromatic carbocycles. The minimum atomic E-state index is -4.31. The van der Waals surface area contributed by atoms with Crippen LogP contribution in [-0.4, -0.2) is 51.6 Å². The highest BCUT2D eigenvalue weighted by molar-refractivity contribution is 5.79. The van der Waals surface area contributed by atoms with Crippen molar-refractivity contribution >= 4 is 5.96 Å². The Labute approximate surface area is 144 Å². The van der Waals surface area contributed by atoms with Crippen LogP contribution in [0.15, 0.2) is 29.3 Å². The standard InChI is InChI=1S/C16H23F4N3O2/c1-12(25-14-7-4-3-6-13(14)17)10-23-15(21-2)22-8-5-9-24-11-16(18,19)20/h3-4,6-7,12H,5,8-11H2,1-2H3,(H2,21,22,23). The Morgan fingerprint density at radius 3 is 2.60 bits per heavy atom. The first-order valence-electron chi connectivity index (χ1n) is 7.82. The van der Waals surface area contributed by atoms with Crippen molar-refractivity contribution in [3.8, 4) is 5.75 Å². The van der Waals surface area contributed by atoms with Crippen LogP contribution in [0.3, 0.4) is 0 Å². The molecule has 0 aliphatic heterocycles. The zero-order chi connectivity index (χ0) is 18.7. The van der Waals surface area contributed by atoms with Gasteiger partial charge < -0.3 is 20.1 Å². The number of hydrogen-bond donors (Lipinski definition) is 2. The van der Waals surface area contributed by atoms with Crippen LogP contribution in [0.4, 0.5) is 17.6 Å². The van der Waals surface area contributed by atoms with Crippen LogP contribution in [0.1, 0.15) is 13.3 Å². The lowest BCUT2D eigenvalue weighted by atomic mass is 10.3. The number of nitrogens with zero attached hydrogens (tertiary/aromatic N) is 1. The molecule has 1 atom stereocenters. The van der Waals surface area contributed by atoms with Crippen LogP contribution >= 0.6 is 0 Å². The van der Waals surface area contributed by atoms with Crippen molar-refractivity contribution in [2.75, 3.05) is 33.4 Å². The molecule has 0 saturated carbocycles. The molecule has 142 valence electrons. The molecule has 0 bridgehead atoms. The first-order valence-corrected chi connectivity index (χ1v) is 7.82. The van der Waals surface area contributed by atoms with Gasteiger partial charge in [-0.1, -0.05) is 12.1 Å². The van der Waals surface area contributed by atoms with Gasteiger partial charge in [0.2, 0.25) is 0 Å². The highest BCUT2D eigenvalue weighted by Crippen LogP contribution is 2.16. The van der Waals surface area contributed by atoms with E-state index >= 15 is 0 Å². The van der Waals surface area contributed by atoms with Crippen molar-refractivity contribution < 1.29 is 27.0 Å². The molecule has 0 fully saturated rings. The molecule has 0 saturated heterocycles. The molecular formula is C16H23F4N3O2. The fourth-order valence-corrected chi connectivity index (χ4v) is 1.83. The lowest BCUT2D eigenvalue weighted by molar-refractivity contribution is -0.173. The third-order valence-electron chi connectivity index (χ3n) is 2.97. The second kappa shape index (κ2) is 10.8. The van der Waals surface area contributed by atoms with E-state index in [-0.39, 0.29) is 18.5 Å². The summed E-state index contributed by atoms with van der Waals surface area (Å²) in [6.07, 6.45) is -4.22. The van der Waals surface area contributed by atoms with Crippen LogP contribution in [0.2, 0.25) is 0 Å². The molecule has 0 aliphatic rings. The number of halogens is 4. The van der Waals surface area contributed by atoms with E-state index in [0.29, 0.717) is 25.5 Å². The molecule has 9 heteroatoms. The second-order valence-corrected chi connectivity index (χ2v) is 5.26. The van der Waals surface area contributed by atoms with Crippen molar-refractivity contribution in [1.82, 2.24) is 10.6 Å². The maximum Gasteiger partial charge on any atom is 0.411 e. The van der Waals surface area contributed by atoms with Crippen molar-refractivity contribution in [3.63, 3.8) is 0 Å². The highest BCUT2D eigenvalue weighted by Gasteiger charge is 2.27. The largest absolute Gasteiger partial charge is 0.486 e. The third-order valence-corrected chi connectivity index (χ3v) is 2.97. The van der Waals surface area contributed by atoms with E-state index in [0.717, 1.165) is 0 Å². The third kappa shape index (κ3) is 9.75. The summed E-state index contributed by atoms with van der Waals surface area (Å²) in [5, 5.41) is 5.94. The quantitative estimate of drug-likeness (QED) is 0.306. The molecule has 1 aromatic rings. The van der Waals surface area contributed by atoms with Crippen LogP contribution in [0, 0.1) is 5.82 Å². The number of benzene rings is 1. The Bertz CT molecular complexity index is 538. The molecule has 1 unspecified atom stereocenters. The van der Waals surface area contributed by atoms with Crippen LogP contribution in [0.5, 0.6) is 5.75 Å².